The topological polar surface area (TPSA) is 86.8 Å². The Hall–Kier alpha value is -2.94. The van der Waals surface area contributed by atoms with E-state index in [9.17, 15) is 22.4 Å². The molecule has 0 saturated heterocycles. The van der Waals surface area contributed by atoms with E-state index in [2.05, 4.69) is 5.32 Å². The third kappa shape index (κ3) is 7.52. The minimum atomic E-state index is -3.77. The lowest BCUT2D eigenvalue weighted by Gasteiger charge is -2.33. The van der Waals surface area contributed by atoms with Crippen LogP contribution >= 0.6 is 0 Å². The second-order valence-electron chi connectivity index (χ2n) is 9.27. The van der Waals surface area contributed by atoms with E-state index >= 15 is 0 Å². The molecular weight excluding hydrogens is 469 g/mol. The van der Waals surface area contributed by atoms with Crippen molar-refractivity contribution in [1.82, 2.24) is 10.2 Å². The van der Waals surface area contributed by atoms with Gasteiger partial charge in [0.2, 0.25) is 21.8 Å². The standard InChI is InChI=1S/C26H34FN3O4S/c1-19-9-15-24(16-10-19)30(35(3,33)34)18-25(31)29(17-21-11-13-22(27)14-12-21)20(2)26(32)28-23-7-5-4-6-8-23/h9-16,20,23H,4-8,17-18H2,1-3H3,(H,28,32). The normalized spacial score (nSPS) is 15.3. The van der Waals surface area contributed by atoms with Gasteiger partial charge in [-0.05, 0) is 56.5 Å². The van der Waals surface area contributed by atoms with E-state index in [-0.39, 0.29) is 18.5 Å². The van der Waals surface area contributed by atoms with Gasteiger partial charge in [0.25, 0.3) is 0 Å². The molecule has 9 heteroatoms. The van der Waals surface area contributed by atoms with Crippen molar-refractivity contribution in [2.75, 3.05) is 17.1 Å². The van der Waals surface area contributed by atoms with Crippen molar-refractivity contribution in [2.45, 2.75) is 64.6 Å². The summed E-state index contributed by atoms with van der Waals surface area (Å²) >= 11 is 0. The smallest absolute Gasteiger partial charge is 0.244 e. The van der Waals surface area contributed by atoms with Crippen LogP contribution in [0.2, 0.25) is 0 Å². The number of hydrogen-bond donors (Lipinski definition) is 1. The van der Waals surface area contributed by atoms with Gasteiger partial charge in [-0.25, -0.2) is 12.8 Å². The molecule has 2 aromatic rings. The number of benzene rings is 2. The van der Waals surface area contributed by atoms with Crippen molar-refractivity contribution in [2.24, 2.45) is 0 Å². The molecule has 1 unspecified atom stereocenters. The van der Waals surface area contributed by atoms with E-state index in [1.165, 1.54) is 17.0 Å². The van der Waals surface area contributed by atoms with Crippen LogP contribution in [0.4, 0.5) is 10.1 Å². The minimum absolute atomic E-state index is 0.0455. The summed E-state index contributed by atoms with van der Waals surface area (Å²) in [5, 5.41) is 3.05. The molecule has 3 rings (SSSR count). The number of nitrogens with one attached hydrogen (secondary N) is 1. The van der Waals surface area contributed by atoms with Crippen LogP contribution in [0, 0.1) is 12.7 Å². The van der Waals surface area contributed by atoms with Crippen molar-refractivity contribution in [3.63, 3.8) is 0 Å². The number of rotatable bonds is 9. The fourth-order valence-corrected chi connectivity index (χ4v) is 5.11. The number of carbonyl (C=O) groups excluding carboxylic acids is 2. The number of aryl methyl sites for hydroxylation is 1. The monoisotopic (exact) mass is 503 g/mol. The first kappa shape index (κ1) is 26.7. The van der Waals surface area contributed by atoms with Crippen LogP contribution in [0.1, 0.15) is 50.2 Å². The Balaban J connectivity index is 1.85. The molecule has 2 amide bonds. The lowest BCUT2D eigenvalue weighted by molar-refractivity contribution is -0.139. The highest BCUT2D eigenvalue weighted by molar-refractivity contribution is 7.92. The van der Waals surface area contributed by atoms with Crippen LogP contribution in [0.25, 0.3) is 0 Å². The van der Waals surface area contributed by atoms with Crippen molar-refractivity contribution in [1.29, 1.82) is 0 Å². The van der Waals surface area contributed by atoms with Gasteiger partial charge in [-0.3, -0.25) is 13.9 Å². The number of carbonyl (C=O) groups is 2. The molecule has 0 aromatic heterocycles. The van der Waals surface area contributed by atoms with Crippen LogP contribution < -0.4 is 9.62 Å². The fourth-order valence-electron chi connectivity index (χ4n) is 4.26. The van der Waals surface area contributed by atoms with Crippen molar-refractivity contribution < 1.29 is 22.4 Å². The summed E-state index contributed by atoms with van der Waals surface area (Å²) in [6, 6.07) is 11.8. The molecule has 0 aliphatic heterocycles. The van der Waals surface area contributed by atoms with E-state index in [4.69, 9.17) is 0 Å². The van der Waals surface area contributed by atoms with E-state index in [0.717, 1.165) is 48.2 Å². The second-order valence-corrected chi connectivity index (χ2v) is 11.2. The largest absolute Gasteiger partial charge is 0.352 e. The SMILES string of the molecule is Cc1ccc(N(CC(=O)N(Cc2ccc(F)cc2)C(C)C(=O)NC2CCCCC2)S(C)(=O)=O)cc1. The maximum absolute atomic E-state index is 13.5. The summed E-state index contributed by atoms with van der Waals surface area (Å²) in [6.07, 6.45) is 6.11. The predicted octanol–water partition coefficient (Wildman–Crippen LogP) is 3.77. The fraction of sp³-hybridized carbons (Fsp3) is 0.462. The molecule has 7 nitrogen and oxygen atoms in total. The van der Waals surface area contributed by atoms with Crippen LogP contribution in [0.15, 0.2) is 48.5 Å². The molecule has 1 aliphatic rings. The quantitative estimate of drug-likeness (QED) is 0.565. The summed E-state index contributed by atoms with van der Waals surface area (Å²) < 4.78 is 39.6. The van der Waals surface area contributed by atoms with Crippen LogP contribution in [-0.2, 0) is 26.2 Å². The van der Waals surface area contributed by atoms with E-state index in [1.807, 2.05) is 6.92 Å². The Morgan fingerprint density at radius 1 is 1.03 bits per heavy atom. The third-order valence-electron chi connectivity index (χ3n) is 6.39. The van der Waals surface area contributed by atoms with E-state index in [0.29, 0.717) is 11.3 Å². The number of amides is 2. The zero-order valence-corrected chi connectivity index (χ0v) is 21.4. The van der Waals surface area contributed by atoms with Crippen molar-refractivity contribution >= 4 is 27.5 Å². The van der Waals surface area contributed by atoms with Gasteiger partial charge < -0.3 is 10.2 Å². The second kappa shape index (κ2) is 11.7. The lowest BCUT2D eigenvalue weighted by Crippen LogP contribution is -2.52. The van der Waals surface area contributed by atoms with Crippen LogP contribution in [0.3, 0.4) is 0 Å². The lowest BCUT2D eigenvalue weighted by atomic mass is 9.95. The zero-order valence-electron chi connectivity index (χ0n) is 20.5. The Morgan fingerprint density at radius 3 is 2.20 bits per heavy atom. The maximum Gasteiger partial charge on any atom is 0.244 e. The van der Waals surface area contributed by atoms with E-state index in [1.54, 1.807) is 43.3 Å². The first-order chi connectivity index (χ1) is 16.5. The molecule has 1 N–H and O–H groups in total. The summed E-state index contributed by atoms with van der Waals surface area (Å²) in [5.74, 6) is -1.21. The summed E-state index contributed by atoms with van der Waals surface area (Å²) in [5.41, 5.74) is 1.96. The number of hydrogen-bond acceptors (Lipinski definition) is 4. The minimum Gasteiger partial charge on any atom is -0.352 e. The molecule has 0 radical (unpaired) electrons. The summed E-state index contributed by atoms with van der Waals surface area (Å²) in [4.78, 5) is 28.0. The van der Waals surface area contributed by atoms with Gasteiger partial charge in [0.05, 0.1) is 11.9 Å². The number of sulfonamides is 1. The first-order valence-corrected chi connectivity index (χ1v) is 13.8. The van der Waals surface area contributed by atoms with Gasteiger partial charge in [-0.2, -0.15) is 0 Å². The molecular formula is C26H34FN3O4S. The number of anilines is 1. The Kier molecular flexibility index (Phi) is 8.88. The van der Waals surface area contributed by atoms with Gasteiger partial charge in [-0.15, -0.1) is 0 Å². The van der Waals surface area contributed by atoms with Gasteiger partial charge in [0.1, 0.15) is 18.4 Å². The van der Waals surface area contributed by atoms with Crippen LogP contribution in [0.5, 0.6) is 0 Å². The average molecular weight is 504 g/mol. The molecule has 1 aliphatic carbocycles. The summed E-state index contributed by atoms with van der Waals surface area (Å²) in [6.45, 7) is 3.11. The Morgan fingerprint density at radius 2 is 1.63 bits per heavy atom. The maximum atomic E-state index is 13.5. The van der Waals surface area contributed by atoms with Gasteiger partial charge in [-0.1, -0.05) is 49.1 Å². The highest BCUT2D eigenvalue weighted by Gasteiger charge is 2.31. The zero-order chi connectivity index (χ0) is 25.6. The van der Waals surface area contributed by atoms with Crippen LogP contribution in [-0.4, -0.2) is 50.0 Å². The highest BCUT2D eigenvalue weighted by Crippen LogP contribution is 2.21. The van der Waals surface area contributed by atoms with Gasteiger partial charge in [0, 0.05) is 12.6 Å². The van der Waals surface area contributed by atoms with E-state index < -0.39 is 34.3 Å². The molecule has 0 spiro atoms. The highest BCUT2D eigenvalue weighted by atomic mass is 32.2. The average Bonchev–Trinajstić information content (AvgIpc) is 2.82. The first-order valence-electron chi connectivity index (χ1n) is 11.9. The molecule has 0 heterocycles. The predicted molar refractivity (Wildman–Crippen MR) is 135 cm³/mol. The number of nitrogens with zero attached hydrogens (tertiary/aromatic N) is 2. The summed E-state index contributed by atoms with van der Waals surface area (Å²) in [7, 11) is -3.77. The molecule has 1 saturated carbocycles. The van der Waals surface area contributed by atoms with Crippen molar-refractivity contribution in [3.05, 3.63) is 65.5 Å². The van der Waals surface area contributed by atoms with Crippen molar-refractivity contribution in [3.8, 4) is 0 Å². The van der Waals surface area contributed by atoms with Gasteiger partial charge in [0.15, 0.2) is 0 Å². The molecule has 2 aromatic carbocycles. The molecule has 1 fully saturated rings. The molecule has 35 heavy (non-hydrogen) atoms. The number of halogens is 1. The molecule has 0 bridgehead atoms. The third-order valence-corrected chi connectivity index (χ3v) is 7.53. The molecule has 1 atom stereocenters. The Labute approximate surface area is 207 Å². The Bertz CT molecular complexity index is 1110. The molecule has 190 valence electrons. The van der Waals surface area contributed by atoms with Gasteiger partial charge >= 0.3 is 0 Å².